The van der Waals surface area contributed by atoms with Gasteiger partial charge in [-0.25, -0.2) is 0 Å². The number of carbonyl (C=O) groups is 1. The molecule has 0 aliphatic carbocycles. The molecule has 98 valence electrons. The number of aromatic nitrogens is 1. The van der Waals surface area contributed by atoms with Crippen LogP contribution < -0.4 is 11.1 Å². The zero-order valence-corrected chi connectivity index (χ0v) is 11.5. The van der Waals surface area contributed by atoms with Crippen molar-refractivity contribution in [2.45, 2.75) is 13.8 Å². The van der Waals surface area contributed by atoms with Crippen molar-refractivity contribution >= 4 is 28.9 Å². The summed E-state index contributed by atoms with van der Waals surface area (Å²) in [5.41, 5.74) is 9.46. The molecule has 0 bridgehead atoms. The molecule has 2 aromatic rings. The molecule has 19 heavy (non-hydrogen) atoms. The van der Waals surface area contributed by atoms with Gasteiger partial charge in [0.1, 0.15) is 0 Å². The number of nitrogens with zero attached hydrogens (tertiary/aromatic N) is 1. The number of anilines is 2. The Morgan fingerprint density at radius 3 is 2.74 bits per heavy atom. The quantitative estimate of drug-likeness (QED) is 0.827. The van der Waals surface area contributed by atoms with Crippen molar-refractivity contribution in [3.8, 4) is 0 Å². The molecule has 0 aliphatic rings. The summed E-state index contributed by atoms with van der Waals surface area (Å²) >= 11 is 5.94. The van der Waals surface area contributed by atoms with Gasteiger partial charge in [0.25, 0.3) is 5.91 Å². The second-order valence-electron chi connectivity index (χ2n) is 4.33. The predicted molar refractivity (Wildman–Crippen MR) is 77.5 cm³/mol. The first-order valence-electron chi connectivity index (χ1n) is 5.76. The van der Waals surface area contributed by atoms with Crippen LogP contribution in [0.5, 0.6) is 0 Å². The van der Waals surface area contributed by atoms with Gasteiger partial charge in [-0.1, -0.05) is 11.6 Å². The molecule has 0 atom stereocenters. The standard InChI is InChI=1S/C14H14ClN3O/c1-8-6-13(9(2)5-12(8)16)18-14(19)10-3-4-17-7-11(10)15/h3-7H,16H2,1-2H3,(H,18,19). The lowest BCUT2D eigenvalue weighted by Crippen LogP contribution is -2.13. The summed E-state index contributed by atoms with van der Waals surface area (Å²) in [4.78, 5) is 16.0. The molecule has 0 unspecified atom stereocenters. The average molecular weight is 276 g/mol. The number of hydrogen-bond acceptors (Lipinski definition) is 3. The highest BCUT2D eigenvalue weighted by Crippen LogP contribution is 2.23. The molecule has 0 saturated carbocycles. The van der Waals surface area contributed by atoms with Crippen LogP contribution in [0.2, 0.25) is 5.02 Å². The first-order chi connectivity index (χ1) is 8.99. The van der Waals surface area contributed by atoms with E-state index in [0.717, 1.165) is 16.8 Å². The van der Waals surface area contributed by atoms with Gasteiger partial charge in [0.05, 0.1) is 10.6 Å². The van der Waals surface area contributed by atoms with Gasteiger partial charge in [0, 0.05) is 23.8 Å². The van der Waals surface area contributed by atoms with E-state index in [1.54, 1.807) is 6.07 Å². The molecule has 1 amide bonds. The molecular formula is C14H14ClN3O. The third kappa shape index (κ3) is 2.85. The van der Waals surface area contributed by atoms with Crippen molar-refractivity contribution in [1.82, 2.24) is 4.98 Å². The van der Waals surface area contributed by atoms with E-state index in [-0.39, 0.29) is 5.91 Å². The van der Waals surface area contributed by atoms with Crippen molar-refractivity contribution in [3.63, 3.8) is 0 Å². The summed E-state index contributed by atoms with van der Waals surface area (Å²) in [6.45, 7) is 3.78. The number of amides is 1. The molecule has 4 nitrogen and oxygen atoms in total. The van der Waals surface area contributed by atoms with Gasteiger partial charge in [0.15, 0.2) is 0 Å². The van der Waals surface area contributed by atoms with Gasteiger partial charge in [0.2, 0.25) is 0 Å². The molecule has 0 fully saturated rings. The zero-order chi connectivity index (χ0) is 14.0. The Bertz CT molecular complexity index is 641. The summed E-state index contributed by atoms with van der Waals surface area (Å²) in [7, 11) is 0. The van der Waals surface area contributed by atoms with Crippen molar-refractivity contribution in [2.24, 2.45) is 0 Å². The molecule has 0 aliphatic heterocycles. The van der Waals surface area contributed by atoms with E-state index >= 15 is 0 Å². The lowest BCUT2D eigenvalue weighted by atomic mass is 10.1. The number of nitrogens with two attached hydrogens (primary N) is 1. The molecule has 0 spiro atoms. The Morgan fingerprint density at radius 2 is 2.05 bits per heavy atom. The van der Waals surface area contributed by atoms with Crippen LogP contribution in [0.15, 0.2) is 30.6 Å². The predicted octanol–water partition coefficient (Wildman–Crippen LogP) is 3.19. The number of benzene rings is 1. The molecule has 1 heterocycles. The van der Waals surface area contributed by atoms with Crippen molar-refractivity contribution in [2.75, 3.05) is 11.1 Å². The highest BCUT2D eigenvalue weighted by molar-refractivity contribution is 6.34. The number of pyridine rings is 1. The third-order valence-corrected chi connectivity index (χ3v) is 3.18. The first-order valence-corrected chi connectivity index (χ1v) is 6.14. The summed E-state index contributed by atoms with van der Waals surface area (Å²) in [6, 6.07) is 5.26. The molecule has 0 radical (unpaired) electrons. The maximum atomic E-state index is 12.1. The highest BCUT2D eigenvalue weighted by Gasteiger charge is 2.12. The minimum atomic E-state index is -0.264. The lowest BCUT2D eigenvalue weighted by Gasteiger charge is -2.11. The molecule has 2 rings (SSSR count). The average Bonchev–Trinajstić information content (AvgIpc) is 2.36. The molecule has 1 aromatic carbocycles. The molecular weight excluding hydrogens is 262 g/mol. The minimum Gasteiger partial charge on any atom is -0.399 e. The Balaban J connectivity index is 2.30. The van der Waals surface area contributed by atoms with Crippen LogP contribution in [0.4, 0.5) is 11.4 Å². The monoisotopic (exact) mass is 275 g/mol. The van der Waals surface area contributed by atoms with Gasteiger partial charge >= 0.3 is 0 Å². The van der Waals surface area contributed by atoms with E-state index in [0.29, 0.717) is 16.3 Å². The lowest BCUT2D eigenvalue weighted by molar-refractivity contribution is 0.102. The number of rotatable bonds is 2. The van der Waals surface area contributed by atoms with Crippen LogP contribution >= 0.6 is 11.6 Å². The van der Waals surface area contributed by atoms with Crippen LogP contribution in [-0.2, 0) is 0 Å². The summed E-state index contributed by atoms with van der Waals surface area (Å²) in [6.07, 6.45) is 2.97. The van der Waals surface area contributed by atoms with Gasteiger partial charge in [-0.05, 0) is 43.2 Å². The Labute approximate surface area is 116 Å². The van der Waals surface area contributed by atoms with Gasteiger partial charge in [-0.3, -0.25) is 9.78 Å². The van der Waals surface area contributed by atoms with Gasteiger partial charge < -0.3 is 11.1 Å². The Hall–Kier alpha value is -2.07. The molecule has 3 N–H and O–H groups in total. The van der Waals surface area contributed by atoms with E-state index in [4.69, 9.17) is 17.3 Å². The smallest absolute Gasteiger partial charge is 0.257 e. The third-order valence-electron chi connectivity index (χ3n) is 2.88. The summed E-state index contributed by atoms with van der Waals surface area (Å²) in [5.74, 6) is -0.264. The largest absolute Gasteiger partial charge is 0.399 e. The second kappa shape index (κ2) is 5.28. The fourth-order valence-corrected chi connectivity index (χ4v) is 1.93. The summed E-state index contributed by atoms with van der Waals surface area (Å²) in [5, 5.41) is 3.15. The fourth-order valence-electron chi connectivity index (χ4n) is 1.72. The second-order valence-corrected chi connectivity index (χ2v) is 4.74. The van der Waals surface area contributed by atoms with Crippen molar-refractivity contribution < 1.29 is 4.79 Å². The molecule has 1 aromatic heterocycles. The Kier molecular flexibility index (Phi) is 3.71. The van der Waals surface area contributed by atoms with Crippen molar-refractivity contribution in [3.05, 3.63) is 52.3 Å². The maximum absolute atomic E-state index is 12.1. The number of hydrogen-bond donors (Lipinski definition) is 2. The Morgan fingerprint density at radius 1 is 1.32 bits per heavy atom. The number of halogens is 1. The van der Waals surface area contributed by atoms with E-state index in [2.05, 4.69) is 10.3 Å². The normalized spacial score (nSPS) is 10.3. The van der Waals surface area contributed by atoms with Crippen LogP contribution in [0, 0.1) is 13.8 Å². The molecule has 5 heteroatoms. The highest BCUT2D eigenvalue weighted by atomic mass is 35.5. The van der Waals surface area contributed by atoms with E-state index < -0.39 is 0 Å². The van der Waals surface area contributed by atoms with Crippen LogP contribution in [-0.4, -0.2) is 10.9 Å². The summed E-state index contributed by atoms with van der Waals surface area (Å²) < 4.78 is 0. The van der Waals surface area contributed by atoms with Crippen LogP contribution in [0.3, 0.4) is 0 Å². The van der Waals surface area contributed by atoms with Crippen LogP contribution in [0.1, 0.15) is 21.5 Å². The number of nitrogens with one attached hydrogen (secondary N) is 1. The van der Waals surface area contributed by atoms with Gasteiger partial charge in [-0.2, -0.15) is 0 Å². The van der Waals surface area contributed by atoms with E-state index in [1.165, 1.54) is 12.4 Å². The number of carbonyl (C=O) groups excluding carboxylic acids is 1. The molecule has 0 saturated heterocycles. The zero-order valence-electron chi connectivity index (χ0n) is 10.7. The van der Waals surface area contributed by atoms with Crippen LogP contribution in [0.25, 0.3) is 0 Å². The topological polar surface area (TPSA) is 68.0 Å². The van der Waals surface area contributed by atoms with E-state index in [1.807, 2.05) is 26.0 Å². The van der Waals surface area contributed by atoms with Crippen molar-refractivity contribution in [1.29, 1.82) is 0 Å². The fraction of sp³-hybridized carbons (Fsp3) is 0.143. The first kappa shape index (κ1) is 13.4. The van der Waals surface area contributed by atoms with E-state index in [9.17, 15) is 4.79 Å². The van der Waals surface area contributed by atoms with Gasteiger partial charge in [-0.15, -0.1) is 0 Å². The number of nitrogen functional groups attached to an aromatic ring is 1. The maximum Gasteiger partial charge on any atom is 0.257 e. The SMILES string of the molecule is Cc1cc(NC(=O)c2ccncc2Cl)c(C)cc1N. The minimum absolute atomic E-state index is 0.264. The number of aryl methyl sites for hydroxylation is 2.